The lowest BCUT2D eigenvalue weighted by atomic mass is 10.0. The molecule has 0 unspecified atom stereocenters. The molecule has 3 rings (SSSR count). The zero-order valence-electron chi connectivity index (χ0n) is 19.5. The number of benzene rings is 2. The molecular formula is C27H29N3O4. The minimum atomic E-state index is -0.876. The zero-order chi connectivity index (χ0) is 25.0. The molecule has 1 aromatic heterocycles. The monoisotopic (exact) mass is 459 g/mol. The molecule has 0 aliphatic carbocycles. The van der Waals surface area contributed by atoms with Crippen molar-refractivity contribution in [3.8, 4) is 11.4 Å². The van der Waals surface area contributed by atoms with Gasteiger partial charge >= 0.3 is 5.97 Å². The minimum absolute atomic E-state index is 0.0304. The Hall–Kier alpha value is -4.26. The number of anilines is 1. The van der Waals surface area contributed by atoms with Crippen LogP contribution in [-0.2, 0) is 11.2 Å². The first-order valence-electron chi connectivity index (χ1n) is 10.9. The van der Waals surface area contributed by atoms with Crippen molar-refractivity contribution in [1.82, 2.24) is 4.57 Å². The van der Waals surface area contributed by atoms with Crippen LogP contribution in [-0.4, -0.2) is 26.7 Å². The maximum Gasteiger partial charge on any atom is 0.307 e. The maximum absolute atomic E-state index is 12.3. The standard InChI is InChI=1S/C27H29N3O4/c1-4-5-21-22(13-7-16(2)19-10-8-18(9-11-19)14-24(32)33)30(26(28)25(21)27(29)34)23-15-20(31)12-6-17(23)3/h5-13,15,31H,4,14,28H2,1-3H3,(H2,29,34)(H,32,33)/b16-7+,21-5-,22-13+. The van der Waals surface area contributed by atoms with Gasteiger partial charge in [-0.2, -0.15) is 0 Å². The second-order valence-corrected chi connectivity index (χ2v) is 8.13. The van der Waals surface area contributed by atoms with Crippen molar-refractivity contribution in [3.05, 3.63) is 81.4 Å². The van der Waals surface area contributed by atoms with E-state index in [1.807, 2.05) is 51.1 Å². The number of carboxylic acids is 1. The lowest BCUT2D eigenvalue weighted by Gasteiger charge is -2.11. The summed E-state index contributed by atoms with van der Waals surface area (Å²) in [4.78, 5) is 23.2. The van der Waals surface area contributed by atoms with Crippen LogP contribution >= 0.6 is 0 Å². The van der Waals surface area contributed by atoms with Gasteiger partial charge in [0.2, 0.25) is 0 Å². The number of hydrogen-bond acceptors (Lipinski definition) is 4. The molecule has 1 amide bonds. The molecule has 7 heteroatoms. The van der Waals surface area contributed by atoms with Gasteiger partial charge in [-0.25, -0.2) is 0 Å². The van der Waals surface area contributed by atoms with Crippen molar-refractivity contribution in [1.29, 1.82) is 0 Å². The normalized spacial score (nSPS) is 12.9. The van der Waals surface area contributed by atoms with Gasteiger partial charge in [0.25, 0.3) is 5.91 Å². The van der Waals surface area contributed by atoms with E-state index in [9.17, 15) is 14.7 Å². The molecule has 0 fully saturated rings. The number of carbonyl (C=O) groups excluding carboxylic acids is 1. The van der Waals surface area contributed by atoms with E-state index < -0.39 is 11.9 Å². The number of phenols is 1. The molecule has 0 spiro atoms. The highest BCUT2D eigenvalue weighted by atomic mass is 16.4. The van der Waals surface area contributed by atoms with Crippen LogP contribution in [0.3, 0.4) is 0 Å². The summed E-state index contributed by atoms with van der Waals surface area (Å²) in [5.74, 6) is -1.22. The van der Waals surface area contributed by atoms with Gasteiger partial charge < -0.3 is 21.7 Å². The van der Waals surface area contributed by atoms with Crippen molar-refractivity contribution in [2.24, 2.45) is 5.73 Å². The van der Waals surface area contributed by atoms with E-state index in [-0.39, 0.29) is 23.6 Å². The second-order valence-electron chi connectivity index (χ2n) is 8.13. The van der Waals surface area contributed by atoms with Gasteiger partial charge in [0.1, 0.15) is 11.6 Å². The predicted octanol–water partition coefficient (Wildman–Crippen LogP) is 2.87. The molecule has 3 aromatic rings. The Balaban J connectivity index is 2.26. The number of aryl methyl sites for hydroxylation is 1. The fourth-order valence-corrected chi connectivity index (χ4v) is 3.92. The summed E-state index contributed by atoms with van der Waals surface area (Å²) in [5, 5.41) is 20.4. The number of carbonyl (C=O) groups is 2. The van der Waals surface area contributed by atoms with Crippen molar-refractivity contribution in [2.45, 2.75) is 33.6 Å². The van der Waals surface area contributed by atoms with E-state index in [1.165, 1.54) is 0 Å². The number of nitrogens with two attached hydrogens (primary N) is 2. The van der Waals surface area contributed by atoms with Crippen LogP contribution in [0.5, 0.6) is 5.75 Å². The van der Waals surface area contributed by atoms with Crippen LogP contribution in [0.1, 0.15) is 47.3 Å². The summed E-state index contributed by atoms with van der Waals surface area (Å²) in [6.45, 7) is 5.80. The van der Waals surface area contributed by atoms with Gasteiger partial charge in [0, 0.05) is 11.3 Å². The van der Waals surface area contributed by atoms with E-state index in [2.05, 4.69) is 0 Å². The Kier molecular flexibility index (Phi) is 7.26. The molecule has 6 N–H and O–H groups in total. The number of nitrogen functional groups attached to an aromatic ring is 1. The van der Waals surface area contributed by atoms with E-state index in [4.69, 9.17) is 16.6 Å². The molecule has 176 valence electrons. The summed E-state index contributed by atoms with van der Waals surface area (Å²) in [6, 6.07) is 12.3. The van der Waals surface area contributed by atoms with Crippen LogP contribution in [0, 0.1) is 6.92 Å². The topological polar surface area (TPSA) is 132 Å². The fraction of sp³-hybridized carbons (Fsp3) is 0.185. The second kappa shape index (κ2) is 10.1. The zero-order valence-corrected chi connectivity index (χ0v) is 19.5. The number of allylic oxidation sites excluding steroid dienone is 2. The number of rotatable bonds is 7. The number of carboxylic acid groups (broad SMARTS) is 1. The van der Waals surface area contributed by atoms with Crippen LogP contribution in [0.4, 0.5) is 5.82 Å². The van der Waals surface area contributed by atoms with E-state index in [0.717, 1.165) is 22.3 Å². The molecule has 7 nitrogen and oxygen atoms in total. The number of primary amides is 1. The van der Waals surface area contributed by atoms with Gasteiger partial charge in [-0.3, -0.25) is 14.2 Å². The third-order valence-corrected chi connectivity index (χ3v) is 5.63. The van der Waals surface area contributed by atoms with Gasteiger partial charge in [-0.1, -0.05) is 49.4 Å². The third kappa shape index (κ3) is 5.04. The molecule has 0 aliphatic heterocycles. The molecule has 0 saturated carbocycles. The number of nitrogens with zero attached hydrogens (tertiary/aromatic N) is 1. The molecule has 0 bridgehead atoms. The molecule has 2 aromatic carbocycles. The fourth-order valence-electron chi connectivity index (χ4n) is 3.92. The maximum atomic E-state index is 12.3. The highest BCUT2D eigenvalue weighted by molar-refractivity contribution is 5.98. The largest absolute Gasteiger partial charge is 0.508 e. The first-order chi connectivity index (χ1) is 16.1. The number of aromatic nitrogens is 1. The summed E-state index contributed by atoms with van der Waals surface area (Å²) in [7, 11) is 0. The smallest absolute Gasteiger partial charge is 0.307 e. The van der Waals surface area contributed by atoms with Crippen molar-refractivity contribution >= 4 is 35.4 Å². The Morgan fingerprint density at radius 3 is 2.38 bits per heavy atom. The highest BCUT2D eigenvalue weighted by Gasteiger charge is 2.19. The Morgan fingerprint density at radius 1 is 1.12 bits per heavy atom. The SMILES string of the molecule is CC\C=c1/c(C(N)=O)c(N)n(-c2cc(O)ccc2C)/c1=C/C=C(\C)c1ccc(CC(=O)O)cc1. The van der Waals surface area contributed by atoms with Gasteiger partial charge in [0.05, 0.1) is 23.0 Å². The third-order valence-electron chi connectivity index (χ3n) is 5.63. The van der Waals surface area contributed by atoms with Gasteiger partial charge in [-0.15, -0.1) is 0 Å². The van der Waals surface area contributed by atoms with E-state index in [0.29, 0.717) is 22.7 Å². The quantitative estimate of drug-likeness (QED) is 0.431. The Morgan fingerprint density at radius 2 is 1.79 bits per heavy atom. The molecule has 0 radical (unpaired) electrons. The van der Waals surface area contributed by atoms with Gasteiger partial charge in [0.15, 0.2) is 0 Å². The summed E-state index contributed by atoms with van der Waals surface area (Å²) >= 11 is 0. The molecule has 0 saturated heterocycles. The Bertz CT molecular complexity index is 1400. The highest BCUT2D eigenvalue weighted by Crippen LogP contribution is 2.22. The van der Waals surface area contributed by atoms with Gasteiger partial charge in [-0.05, 0) is 54.7 Å². The van der Waals surface area contributed by atoms with Crippen LogP contribution in [0.2, 0.25) is 0 Å². The van der Waals surface area contributed by atoms with E-state index in [1.54, 1.807) is 34.9 Å². The molecule has 0 atom stereocenters. The number of aliphatic carboxylic acids is 1. The average molecular weight is 460 g/mol. The predicted molar refractivity (Wildman–Crippen MR) is 135 cm³/mol. The number of amides is 1. The summed E-state index contributed by atoms with van der Waals surface area (Å²) in [6.07, 6.45) is 6.32. The average Bonchev–Trinajstić information content (AvgIpc) is 3.05. The lowest BCUT2D eigenvalue weighted by Crippen LogP contribution is -2.32. The first kappa shape index (κ1) is 24.4. The number of phenolic OH excluding ortho intramolecular Hbond substituents is 1. The molecule has 0 aliphatic rings. The van der Waals surface area contributed by atoms with Crippen molar-refractivity contribution in [2.75, 3.05) is 5.73 Å². The lowest BCUT2D eigenvalue weighted by molar-refractivity contribution is -0.136. The summed E-state index contributed by atoms with van der Waals surface area (Å²) < 4.78 is 1.73. The molecule has 1 heterocycles. The van der Waals surface area contributed by atoms with Crippen LogP contribution in [0.25, 0.3) is 23.4 Å². The molecule has 34 heavy (non-hydrogen) atoms. The van der Waals surface area contributed by atoms with Crippen molar-refractivity contribution < 1.29 is 19.8 Å². The number of aromatic hydroxyl groups is 1. The van der Waals surface area contributed by atoms with Crippen LogP contribution in [0.15, 0.2) is 48.5 Å². The minimum Gasteiger partial charge on any atom is -0.508 e. The van der Waals surface area contributed by atoms with Crippen LogP contribution < -0.4 is 22.0 Å². The number of hydrogen-bond donors (Lipinski definition) is 4. The van der Waals surface area contributed by atoms with Crippen molar-refractivity contribution in [3.63, 3.8) is 0 Å². The van der Waals surface area contributed by atoms with E-state index >= 15 is 0 Å². The first-order valence-corrected chi connectivity index (χ1v) is 10.9. The Labute approximate surface area is 198 Å². The molecular weight excluding hydrogens is 430 g/mol. The summed E-state index contributed by atoms with van der Waals surface area (Å²) in [5.41, 5.74) is 16.5.